The number of methoxy groups -OCH3 is 1. The molecule has 2 rings (SSSR count). The van der Waals surface area contributed by atoms with E-state index in [1.807, 2.05) is 24.3 Å². The first kappa shape index (κ1) is 14.4. The van der Waals surface area contributed by atoms with Gasteiger partial charge in [-0.2, -0.15) is 0 Å². The molecule has 0 aliphatic heterocycles. The molecular formula is C17H20O3. The zero-order valence-corrected chi connectivity index (χ0v) is 12.1. The third-order valence-electron chi connectivity index (χ3n) is 3.46. The molecule has 106 valence electrons. The van der Waals surface area contributed by atoms with Gasteiger partial charge in [-0.05, 0) is 36.6 Å². The summed E-state index contributed by atoms with van der Waals surface area (Å²) in [5, 5.41) is 9.41. The van der Waals surface area contributed by atoms with E-state index in [9.17, 15) is 5.11 Å². The van der Waals surface area contributed by atoms with Crippen molar-refractivity contribution < 1.29 is 14.6 Å². The largest absolute Gasteiger partial charge is 0.493 e. The van der Waals surface area contributed by atoms with Gasteiger partial charge in [0.15, 0.2) is 11.5 Å². The van der Waals surface area contributed by atoms with E-state index in [0.717, 1.165) is 5.56 Å². The summed E-state index contributed by atoms with van der Waals surface area (Å²) in [6, 6.07) is 11.7. The summed E-state index contributed by atoms with van der Waals surface area (Å²) >= 11 is 0. The first-order valence-electron chi connectivity index (χ1n) is 6.62. The Morgan fingerprint density at radius 2 is 1.65 bits per heavy atom. The number of hydrogen-bond acceptors (Lipinski definition) is 3. The first-order chi connectivity index (χ1) is 9.67. The van der Waals surface area contributed by atoms with Crippen LogP contribution in [0.1, 0.15) is 22.3 Å². The SMILES string of the molecule is COc1cccc(CO)c1OCc1c(C)cccc1C. The quantitative estimate of drug-likeness (QED) is 0.906. The summed E-state index contributed by atoms with van der Waals surface area (Å²) in [5.41, 5.74) is 4.30. The molecule has 0 aliphatic carbocycles. The summed E-state index contributed by atoms with van der Waals surface area (Å²) in [4.78, 5) is 0. The van der Waals surface area contributed by atoms with Crippen molar-refractivity contribution in [3.05, 3.63) is 58.7 Å². The second kappa shape index (κ2) is 6.44. The maximum Gasteiger partial charge on any atom is 0.167 e. The van der Waals surface area contributed by atoms with E-state index in [1.54, 1.807) is 7.11 Å². The third-order valence-corrected chi connectivity index (χ3v) is 3.46. The molecule has 0 spiro atoms. The number of aliphatic hydroxyl groups excluding tert-OH is 1. The fourth-order valence-electron chi connectivity index (χ4n) is 2.23. The molecule has 0 fully saturated rings. The van der Waals surface area contributed by atoms with Gasteiger partial charge in [-0.3, -0.25) is 0 Å². The standard InChI is InChI=1S/C17H20O3/c1-12-6-4-7-13(2)15(12)11-20-17-14(10-18)8-5-9-16(17)19-3/h4-9,18H,10-11H2,1-3H3. The van der Waals surface area contributed by atoms with Crippen LogP contribution in [0.4, 0.5) is 0 Å². The lowest BCUT2D eigenvalue weighted by molar-refractivity contribution is 0.249. The topological polar surface area (TPSA) is 38.7 Å². The molecule has 20 heavy (non-hydrogen) atoms. The highest BCUT2D eigenvalue weighted by Crippen LogP contribution is 2.32. The molecule has 0 heterocycles. The van der Waals surface area contributed by atoms with Gasteiger partial charge >= 0.3 is 0 Å². The second-order valence-corrected chi connectivity index (χ2v) is 4.77. The van der Waals surface area contributed by atoms with Crippen molar-refractivity contribution in [1.29, 1.82) is 0 Å². The van der Waals surface area contributed by atoms with Crippen LogP contribution in [0.25, 0.3) is 0 Å². The molecule has 1 N–H and O–H groups in total. The van der Waals surface area contributed by atoms with Gasteiger partial charge in [0.05, 0.1) is 13.7 Å². The minimum Gasteiger partial charge on any atom is -0.493 e. The molecule has 0 bridgehead atoms. The summed E-state index contributed by atoms with van der Waals surface area (Å²) in [5.74, 6) is 1.25. The van der Waals surface area contributed by atoms with Gasteiger partial charge in [-0.1, -0.05) is 30.3 Å². The second-order valence-electron chi connectivity index (χ2n) is 4.77. The van der Waals surface area contributed by atoms with E-state index in [1.165, 1.54) is 16.7 Å². The average molecular weight is 272 g/mol. The van der Waals surface area contributed by atoms with Crippen molar-refractivity contribution in [3.63, 3.8) is 0 Å². The van der Waals surface area contributed by atoms with E-state index < -0.39 is 0 Å². The molecule has 2 aromatic carbocycles. The lowest BCUT2D eigenvalue weighted by atomic mass is 10.0. The maximum atomic E-state index is 9.41. The molecule has 0 aromatic heterocycles. The third kappa shape index (κ3) is 2.94. The number of aliphatic hydroxyl groups is 1. The van der Waals surface area contributed by atoms with Gasteiger partial charge in [-0.15, -0.1) is 0 Å². The number of para-hydroxylation sites is 1. The Balaban J connectivity index is 2.27. The predicted molar refractivity (Wildman–Crippen MR) is 79.2 cm³/mol. The van der Waals surface area contributed by atoms with Crippen molar-refractivity contribution in [3.8, 4) is 11.5 Å². The fourth-order valence-corrected chi connectivity index (χ4v) is 2.23. The highest BCUT2D eigenvalue weighted by Gasteiger charge is 2.11. The summed E-state index contributed by atoms with van der Waals surface area (Å²) in [6.45, 7) is 4.53. The number of benzene rings is 2. The minimum atomic E-state index is -0.0702. The van der Waals surface area contributed by atoms with E-state index in [2.05, 4.69) is 26.0 Å². The summed E-state index contributed by atoms with van der Waals surface area (Å²) in [6.07, 6.45) is 0. The van der Waals surface area contributed by atoms with E-state index in [4.69, 9.17) is 9.47 Å². The summed E-state index contributed by atoms with van der Waals surface area (Å²) < 4.78 is 11.2. The molecule has 2 aromatic rings. The van der Waals surface area contributed by atoms with Crippen LogP contribution in [0, 0.1) is 13.8 Å². The van der Waals surface area contributed by atoms with Gasteiger partial charge < -0.3 is 14.6 Å². The zero-order chi connectivity index (χ0) is 14.5. The van der Waals surface area contributed by atoms with Crippen LogP contribution >= 0.6 is 0 Å². The van der Waals surface area contributed by atoms with Crippen molar-refractivity contribution in [2.24, 2.45) is 0 Å². The highest BCUT2D eigenvalue weighted by atomic mass is 16.5. The Morgan fingerprint density at radius 3 is 2.25 bits per heavy atom. The molecule has 0 aliphatic rings. The Morgan fingerprint density at radius 1 is 1.00 bits per heavy atom. The molecule has 3 nitrogen and oxygen atoms in total. The van der Waals surface area contributed by atoms with Crippen molar-refractivity contribution in [2.45, 2.75) is 27.1 Å². The fraction of sp³-hybridized carbons (Fsp3) is 0.294. The number of rotatable bonds is 5. The minimum absolute atomic E-state index is 0.0702. The van der Waals surface area contributed by atoms with E-state index in [0.29, 0.717) is 18.1 Å². The van der Waals surface area contributed by atoms with E-state index >= 15 is 0 Å². The zero-order valence-electron chi connectivity index (χ0n) is 12.1. The first-order valence-corrected chi connectivity index (χ1v) is 6.62. The molecule has 0 atom stereocenters. The van der Waals surface area contributed by atoms with Crippen LogP contribution < -0.4 is 9.47 Å². The van der Waals surface area contributed by atoms with Crippen LogP contribution in [0.5, 0.6) is 11.5 Å². The Hall–Kier alpha value is -2.00. The molecule has 0 radical (unpaired) electrons. The number of ether oxygens (including phenoxy) is 2. The van der Waals surface area contributed by atoms with Gasteiger partial charge in [-0.25, -0.2) is 0 Å². The number of hydrogen-bond donors (Lipinski definition) is 1. The molecule has 0 amide bonds. The van der Waals surface area contributed by atoms with Crippen LogP contribution in [-0.4, -0.2) is 12.2 Å². The lowest BCUT2D eigenvalue weighted by Gasteiger charge is -2.16. The molecular weight excluding hydrogens is 252 g/mol. The molecule has 0 saturated heterocycles. The molecule has 3 heteroatoms. The molecule has 0 saturated carbocycles. The Labute approximate surface area is 119 Å². The lowest BCUT2D eigenvalue weighted by Crippen LogP contribution is -2.04. The maximum absolute atomic E-state index is 9.41. The van der Waals surface area contributed by atoms with Crippen molar-refractivity contribution >= 4 is 0 Å². The van der Waals surface area contributed by atoms with Gasteiger partial charge in [0.25, 0.3) is 0 Å². The number of aryl methyl sites for hydroxylation is 2. The smallest absolute Gasteiger partial charge is 0.167 e. The van der Waals surface area contributed by atoms with E-state index in [-0.39, 0.29) is 6.61 Å². The predicted octanol–water partition coefficient (Wildman–Crippen LogP) is 3.38. The Bertz CT molecular complexity index is 548. The Kier molecular flexibility index (Phi) is 4.64. The normalized spacial score (nSPS) is 10.4. The van der Waals surface area contributed by atoms with Crippen LogP contribution in [0.3, 0.4) is 0 Å². The van der Waals surface area contributed by atoms with Gasteiger partial charge in [0, 0.05) is 5.56 Å². The molecule has 0 unspecified atom stereocenters. The van der Waals surface area contributed by atoms with Gasteiger partial charge in [0.2, 0.25) is 0 Å². The average Bonchev–Trinajstić information content (AvgIpc) is 2.46. The van der Waals surface area contributed by atoms with Crippen molar-refractivity contribution in [2.75, 3.05) is 7.11 Å². The summed E-state index contributed by atoms with van der Waals surface area (Å²) in [7, 11) is 1.60. The van der Waals surface area contributed by atoms with Crippen LogP contribution in [0.15, 0.2) is 36.4 Å². The monoisotopic (exact) mass is 272 g/mol. The highest BCUT2D eigenvalue weighted by molar-refractivity contribution is 5.46. The van der Waals surface area contributed by atoms with Crippen LogP contribution in [0.2, 0.25) is 0 Å². The van der Waals surface area contributed by atoms with Crippen LogP contribution in [-0.2, 0) is 13.2 Å². The van der Waals surface area contributed by atoms with Crippen molar-refractivity contribution in [1.82, 2.24) is 0 Å². The van der Waals surface area contributed by atoms with Gasteiger partial charge in [0.1, 0.15) is 6.61 Å².